The summed E-state index contributed by atoms with van der Waals surface area (Å²) in [4.78, 5) is 31.4. The number of para-hydroxylation sites is 1. The van der Waals surface area contributed by atoms with Crippen molar-refractivity contribution in [1.82, 2.24) is 25.0 Å². The zero-order chi connectivity index (χ0) is 22.3. The van der Waals surface area contributed by atoms with Crippen molar-refractivity contribution in [2.24, 2.45) is 0 Å². The molecule has 8 nitrogen and oxygen atoms in total. The molecule has 1 aromatic carbocycles. The summed E-state index contributed by atoms with van der Waals surface area (Å²) in [6.07, 6.45) is 1.73. The Kier molecular flexibility index (Phi) is 5.53. The lowest BCUT2D eigenvalue weighted by atomic mass is 10.0. The number of nitrogens with zero attached hydrogens (tertiary/aromatic N) is 4. The number of fused-ring (bicyclic) bond motifs is 1. The molecule has 0 saturated carbocycles. The second kappa shape index (κ2) is 8.14. The predicted octanol–water partition coefficient (Wildman–Crippen LogP) is 3.05. The Morgan fingerprint density at radius 2 is 2.06 bits per heavy atom. The molecule has 160 valence electrons. The van der Waals surface area contributed by atoms with Gasteiger partial charge in [0, 0.05) is 47.7 Å². The number of phenols is 1. The van der Waals surface area contributed by atoms with Gasteiger partial charge in [0.2, 0.25) is 11.8 Å². The zero-order valence-electron chi connectivity index (χ0n) is 17.2. The summed E-state index contributed by atoms with van der Waals surface area (Å²) in [7, 11) is 3.36. The van der Waals surface area contributed by atoms with Crippen LogP contribution in [0.25, 0.3) is 22.3 Å². The second-order valence-electron chi connectivity index (χ2n) is 7.74. The molecule has 0 bridgehead atoms. The van der Waals surface area contributed by atoms with Crippen LogP contribution in [0.3, 0.4) is 0 Å². The average molecular weight is 484 g/mol. The maximum atomic E-state index is 12.7. The van der Waals surface area contributed by atoms with Gasteiger partial charge in [-0.05, 0) is 46.6 Å². The molecule has 1 aliphatic heterocycles. The largest absolute Gasteiger partial charge is 0.507 e. The van der Waals surface area contributed by atoms with Gasteiger partial charge in [-0.25, -0.2) is 0 Å². The van der Waals surface area contributed by atoms with Gasteiger partial charge in [-0.1, -0.05) is 18.7 Å². The van der Waals surface area contributed by atoms with E-state index >= 15 is 0 Å². The van der Waals surface area contributed by atoms with Crippen molar-refractivity contribution in [3.8, 4) is 17.0 Å². The van der Waals surface area contributed by atoms with Crippen molar-refractivity contribution in [3.63, 3.8) is 0 Å². The first-order valence-corrected chi connectivity index (χ1v) is 10.6. The van der Waals surface area contributed by atoms with E-state index in [1.54, 1.807) is 37.2 Å². The van der Waals surface area contributed by atoms with Crippen LogP contribution in [0.1, 0.15) is 18.0 Å². The summed E-state index contributed by atoms with van der Waals surface area (Å²) >= 11 is 3.67. The van der Waals surface area contributed by atoms with Crippen molar-refractivity contribution >= 4 is 38.8 Å². The molecule has 31 heavy (non-hydrogen) atoms. The van der Waals surface area contributed by atoms with Gasteiger partial charge in [-0.15, -0.1) is 10.2 Å². The van der Waals surface area contributed by atoms with Crippen molar-refractivity contribution < 1.29 is 14.7 Å². The van der Waals surface area contributed by atoms with E-state index in [4.69, 9.17) is 0 Å². The Labute approximate surface area is 187 Å². The molecular weight excluding hydrogens is 462 g/mol. The topological polar surface area (TPSA) is 102 Å². The zero-order valence-corrected chi connectivity index (χ0v) is 18.8. The fourth-order valence-corrected chi connectivity index (χ4v) is 4.75. The minimum Gasteiger partial charge on any atom is -0.507 e. The lowest BCUT2D eigenvalue weighted by Crippen LogP contribution is -2.44. The van der Waals surface area contributed by atoms with E-state index in [1.807, 2.05) is 12.1 Å². The molecule has 2 N–H and O–H groups in total. The Hall–Kier alpha value is -3.20. The molecule has 3 aromatic rings. The summed E-state index contributed by atoms with van der Waals surface area (Å²) in [5.74, 6) is -0.347. The number of nitrogens with one attached hydrogen (secondary N) is 1. The Morgan fingerprint density at radius 1 is 1.32 bits per heavy atom. The Bertz CT molecular complexity index is 1190. The SMILES string of the molecule is C=CC(=O)N1C[C@@H](c2[nH]c3nnc(-c4ccccc4O)cc3c2Br)C[C@H]1C(=O)N(C)C. The number of amides is 2. The molecule has 1 aliphatic rings. The highest BCUT2D eigenvalue weighted by atomic mass is 79.9. The second-order valence-corrected chi connectivity index (χ2v) is 8.53. The first-order chi connectivity index (χ1) is 14.8. The molecule has 3 heterocycles. The number of likely N-dealkylation sites (tertiary alicyclic amines) is 1. The van der Waals surface area contributed by atoms with Crippen molar-refractivity contribution in [2.45, 2.75) is 18.4 Å². The number of rotatable bonds is 4. The van der Waals surface area contributed by atoms with E-state index in [1.165, 1.54) is 11.0 Å². The summed E-state index contributed by atoms with van der Waals surface area (Å²) in [5.41, 5.74) is 2.58. The molecule has 1 fully saturated rings. The number of aromatic amines is 1. The van der Waals surface area contributed by atoms with Crippen LogP contribution in [0.2, 0.25) is 0 Å². The van der Waals surface area contributed by atoms with Gasteiger partial charge in [0.25, 0.3) is 0 Å². The summed E-state index contributed by atoms with van der Waals surface area (Å²) in [6, 6.07) is 8.25. The fourth-order valence-electron chi connectivity index (χ4n) is 4.02. The predicted molar refractivity (Wildman–Crippen MR) is 120 cm³/mol. The minimum atomic E-state index is -0.549. The fraction of sp³-hybridized carbons (Fsp3) is 0.273. The van der Waals surface area contributed by atoms with E-state index in [0.29, 0.717) is 29.9 Å². The van der Waals surface area contributed by atoms with Crippen LogP contribution in [0.4, 0.5) is 0 Å². The molecule has 0 unspecified atom stereocenters. The molecule has 1 saturated heterocycles. The number of benzene rings is 1. The number of carbonyl (C=O) groups is 2. The highest BCUT2D eigenvalue weighted by molar-refractivity contribution is 9.10. The number of halogens is 1. The number of H-pyrrole nitrogens is 1. The maximum absolute atomic E-state index is 12.7. The highest BCUT2D eigenvalue weighted by Gasteiger charge is 2.41. The number of aromatic nitrogens is 3. The number of hydrogen-bond donors (Lipinski definition) is 2. The van der Waals surface area contributed by atoms with Gasteiger partial charge in [-0.2, -0.15) is 0 Å². The number of phenolic OH excluding ortho intramolecular Hbond substituents is 1. The first-order valence-electron chi connectivity index (χ1n) is 9.79. The van der Waals surface area contributed by atoms with Crippen LogP contribution in [-0.4, -0.2) is 68.6 Å². The Balaban J connectivity index is 1.72. The van der Waals surface area contributed by atoms with Crippen LogP contribution in [0.5, 0.6) is 5.75 Å². The average Bonchev–Trinajstić information content (AvgIpc) is 3.34. The number of likely N-dealkylation sites (N-methyl/N-ethyl adjacent to an activating group) is 1. The number of carbonyl (C=O) groups excluding carboxylic acids is 2. The van der Waals surface area contributed by atoms with Crippen LogP contribution in [-0.2, 0) is 9.59 Å². The van der Waals surface area contributed by atoms with Gasteiger partial charge in [-0.3, -0.25) is 9.59 Å². The highest BCUT2D eigenvalue weighted by Crippen LogP contribution is 2.40. The van der Waals surface area contributed by atoms with Gasteiger partial charge in [0.05, 0.1) is 5.69 Å². The standard InChI is InChI=1S/C22H22BrN5O3/c1-4-18(30)28-11-12(9-16(28)22(31)27(2)3)20-19(23)14-10-15(25-26-21(14)24-20)13-7-5-6-8-17(13)29/h4-8,10,12,16,29H,1,9,11H2,2-3H3,(H,24,26)/t12-,16-/m0/s1. The minimum absolute atomic E-state index is 0.0880. The summed E-state index contributed by atoms with van der Waals surface area (Å²) in [6.45, 7) is 3.96. The normalized spacial score (nSPS) is 18.4. The monoisotopic (exact) mass is 483 g/mol. The third kappa shape index (κ3) is 3.69. The van der Waals surface area contributed by atoms with Gasteiger partial charge >= 0.3 is 0 Å². The molecule has 0 spiro atoms. The maximum Gasteiger partial charge on any atom is 0.246 e. The number of hydrogen-bond acceptors (Lipinski definition) is 5. The number of aromatic hydroxyl groups is 1. The molecule has 4 rings (SSSR count). The van der Waals surface area contributed by atoms with Crippen LogP contribution in [0.15, 0.2) is 47.5 Å². The van der Waals surface area contributed by atoms with Gasteiger partial charge in [0.15, 0.2) is 5.65 Å². The third-order valence-corrected chi connectivity index (χ3v) is 6.45. The summed E-state index contributed by atoms with van der Waals surface area (Å²) < 4.78 is 0.808. The molecule has 0 aliphatic carbocycles. The van der Waals surface area contributed by atoms with Crippen LogP contribution >= 0.6 is 15.9 Å². The van der Waals surface area contributed by atoms with Crippen molar-refractivity contribution in [1.29, 1.82) is 0 Å². The van der Waals surface area contributed by atoms with E-state index in [2.05, 4.69) is 37.7 Å². The molecular formula is C22H22BrN5O3. The molecule has 9 heteroatoms. The van der Waals surface area contributed by atoms with E-state index in [0.717, 1.165) is 15.6 Å². The van der Waals surface area contributed by atoms with Crippen LogP contribution < -0.4 is 0 Å². The third-order valence-electron chi connectivity index (χ3n) is 5.59. The Morgan fingerprint density at radius 3 is 2.74 bits per heavy atom. The summed E-state index contributed by atoms with van der Waals surface area (Å²) in [5, 5.41) is 19.5. The van der Waals surface area contributed by atoms with E-state index in [-0.39, 0.29) is 23.5 Å². The molecule has 2 amide bonds. The van der Waals surface area contributed by atoms with Crippen molar-refractivity contribution in [3.05, 3.63) is 53.2 Å². The van der Waals surface area contributed by atoms with E-state index in [9.17, 15) is 14.7 Å². The first kappa shape index (κ1) is 21.0. The van der Waals surface area contributed by atoms with Gasteiger partial charge in [0.1, 0.15) is 11.8 Å². The molecule has 2 atom stereocenters. The lowest BCUT2D eigenvalue weighted by molar-refractivity contribution is -0.139. The van der Waals surface area contributed by atoms with Crippen LogP contribution in [0, 0.1) is 0 Å². The smallest absolute Gasteiger partial charge is 0.246 e. The quantitative estimate of drug-likeness (QED) is 0.555. The molecule has 2 aromatic heterocycles. The molecule has 0 radical (unpaired) electrons. The van der Waals surface area contributed by atoms with E-state index < -0.39 is 6.04 Å². The van der Waals surface area contributed by atoms with Crippen molar-refractivity contribution in [2.75, 3.05) is 20.6 Å². The lowest BCUT2D eigenvalue weighted by Gasteiger charge is -2.24. The van der Waals surface area contributed by atoms with Gasteiger partial charge < -0.3 is 19.9 Å².